The van der Waals surface area contributed by atoms with Crippen LogP contribution in [0.2, 0.25) is 5.02 Å². The van der Waals surface area contributed by atoms with Crippen LogP contribution in [0.5, 0.6) is 5.75 Å². The van der Waals surface area contributed by atoms with E-state index in [4.69, 9.17) is 16.3 Å². The van der Waals surface area contributed by atoms with Crippen LogP contribution in [0, 0.1) is 17.5 Å². The van der Waals surface area contributed by atoms with Gasteiger partial charge in [-0.1, -0.05) is 29.8 Å². The highest BCUT2D eigenvalue weighted by Gasteiger charge is 2.52. The summed E-state index contributed by atoms with van der Waals surface area (Å²) in [5, 5.41) is 6.86. The number of ether oxygens (including phenoxy) is 1. The van der Waals surface area contributed by atoms with Gasteiger partial charge >= 0.3 is 12.4 Å². The van der Waals surface area contributed by atoms with Crippen molar-refractivity contribution in [2.75, 3.05) is 11.9 Å². The third-order valence-corrected chi connectivity index (χ3v) is 6.76. The summed E-state index contributed by atoms with van der Waals surface area (Å²) in [5.74, 6) is -3.55. The molecule has 0 bridgehead atoms. The first kappa shape index (κ1) is 35.9. The predicted molar refractivity (Wildman–Crippen MR) is 149 cm³/mol. The summed E-state index contributed by atoms with van der Waals surface area (Å²) in [6.07, 6.45) is -12.3. The average molecular weight is 678 g/mol. The Bertz CT molecular complexity index is 1580. The quantitative estimate of drug-likeness (QED) is 0.191. The highest BCUT2D eigenvalue weighted by atomic mass is 35.5. The summed E-state index contributed by atoms with van der Waals surface area (Å²) in [5.41, 5.74) is -3.84. The Morgan fingerprint density at radius 1 is 0.826 bits per heavy atom. The number of halogens is 9. The van der Waals surface area contributed by atoms with Crippen molar-refractivity contribution in [1.29, 1.82) is 0 Å². The highest BCUT2D eigenvalue weighted by Crippen LogP contribution is 2.37. The molecule has 0 fully saturated rings. The molecule has 0 aliphatic rings. The average Bonchev–Trinajstić information content (AvgIpc) is 2.97. The molecule has 16 heteroatoms. The van der Waals surface area contributed by atoms with Gasteiger partial charge in [-0.15, -0.1) is 0 Å². The number of rotatable bonds is 11. The second kappa shape index (κ2) is 14.2. The number of hydrogen-bond donors (Lipinski definition) is 3. The predicted octanol–water partition coefficient (Wildman–Crippen LogP) is 6.99. The fourth-order valence-corrected chi connectivity index (χ4v) is 3.80. The standard InChI is InChI=1S/C30H24ClF8N3O4/c1-28(2,30(37,38)39)27(45)41-14-17-5-9-22(31)20(11-17)26(44)42-19-8-10-23(46-15-24(32)33)21(12-19)25(43)40-13-16-3-6-18(7-4-16)29(34,35)36/h3-7,9,11-12,24H,13-15H2,1-2H3,(H,40,43)(H,41,45)(H,42,44). The van der Waals surface area contributed by atoms with Crippen molar-refractivity contribution < 1.29 is 54.2 Å². The first-order chi connectivity index (χ1) is 21.3. The molecule has 0 aliphatic carbocycles. The first-order valence-electron chi connectivity index (χ1n) is 13.1. The van der Waals surface area contributed by atoms with E-state index in [0.29, 0.717) is 13.8 Å². The van der Waals surface area contributed by atoms with E-state index in [0.717, 1.165) is 30.3 Å². The zero-order chi connectivity index (χ0) is 34.4. The summed E-state index contributed by atoms with van der Waals surface area (Å²) >= 11 is 6.13. The molecule has 0 spiro atoms. The molecule has 0 heterocycles. The van der Waals surface area contributed by atoms with Crippen LogP contribution in [-0.4, -0.2) is 36.9 Å². The molecular formula is C30H24ClF8N3O4. The SMILES string of the molecule is CC(C)(C(=O)NCc1ccc(Cl)c(C(=O)Nc2c#cc(OCC(F)F)c(C(=O)NCc3ccc(C(F)(F)F)cc3)c2)c1)C(F)(F)F. The topological polar surface area (TPSA) is 96.5 Å². The van der Waals surface area contributed by atoms with Gasteiger partial charge in [-0.25, -0.2) is 8.78 Å². The van der Waals surface area contributed by atoms with Gasteiger partial charge in [-0.3, -0.25) is 14.4 Å². The Kier molecular flexibility index (Phi) is 11.1. The van der Waals surface area contributed by atoms with E-state index in [2.05, 4.69) is 28.1 Å². The van der Waals surface area contributed by atoms with Gasteiger partial charge < -0.3 is 20.7 Å². The van der Waals surface area contributed by atoms with E-state index in [9.17, 15) is 49.5 Å². The second-order valence-electron chi connectivity index (χ2n) is 10.2. The normalized spacial score (nSPS) is 11.9. The minimum Gasteiger partial charge on any atom is -0.479 e. The minimum atomic E-state index is -4.81. The van der Waals surface area contributed by atoms with Gasteiger partial charge in [0.15, 0.2) is 5.75 Å². The summed E-state index contributed by atoms with van der Waals surface area (Å²) < 4.78 is 108. The molecule has 0 saturated carbocycles. The second-order valence-corrected chi connectivity index (χ2v) is 10.6. The van der Waals surface area contributed by atoms with Gasteiger partial charge in [0, 0.05) is 13.1 Å². The van der Waals surface area contributed by atoms with Crippen molar-refractivity contribution in [2.45, 2.75) is 45.7 Å². The molecule has 246 valence electrons. The Morgan fingerprint density at radius 3 is 2.02 bits per heavy atom. The van der Waals surface area contributed by atoms with Gasteiger partial charge in [-0.05, 0) is 67.4 Å². The fraction of sp³-hybridized carbons (Fsp3) is 0.300. The molecule has 46 heavy (non-hydrogen) atoms. The van der Waals surface area contributed by atoms with Crippen molar-refractivity contribution in [3.63, 3.8) is 0 Å². The lowest BCUT2D eigenvalue weighted by atomic mass is 9.91. The number of carbonyl (C=O) groups excluding carboxylic acids is 3. The molecular weight excluding hydrogens is 654 g/mol. The maximum atomic E-state index is 13.2. The van der Waals surface area contributed by atoms with Crippen LogP contribution in [0.15, 0.2) is 48.5 Å². The fourth-order valence-electron chi connectivity index (χ4n) is 3.60. The van der Waals surface area contributed by atoms with Crippen LogP contribution in [0.4, 0.5) is 40.8 Å². The summed E-state index contributed by atoms with van der Waals surface area (Å²) in [6, 6.07) is 13.6. The molecule has 0 atom stereocenters. The number of benzene rings is 2. The largest absolute Gasteiger partial charge is 0.479 e. The summed E-state index contributed by atoms with van der Waals surface area (Å²) in [4.78, 5) is 38.1. The van der Waals surface area contributed by atoms with Crippen molar-refractivity contribution in [3.05, 3.63) is 93.5 Å². The Labute approximate surface area is 262 Å². The van der Waals surface area contributed by atoms with Gasteiger partial charge in [0.2, 0.25) is 5.91 Å². The van der Waals surface area contributed by atoms with E-state index in [1.165, 1.54) is 18.2 Å². The third kappa shape index (κ3) is 9.23. The molecule has 3 aromatic rings. The first-order valence-corrected chi connectivity index (χ1v) is 13.5. The van der Waals surface area contributed by atoms with Crippen LogP contribution >= 0.6 is 11.6 Å². The highest BCUT2D eigenvalue weighted by molar-refractivity contribution is 6.34. The number of amides is 3. The minimum absolute atomic E-state index is 0.0847. The van der Waals surface area contributed by atoms with E-state index >= 15 is 0 Å². The molecule has 3 rings (SSSR count). The smallest absolute Gasteiger partial charge is 0.416 e. The molecule has 0 saturated heterocycles. The van der Waals surface area contributed by atoms with Crippen LogP contribution in [0.1, 0.15) is 51.3 Å². The van der Waals surface area contributed by atoms with Crippen LogP contribution < -0.4 is 20.7 Å². The lowest BCUT2D eigenvalue weighted by molar-refractivity contribution is -0.211. The van der Waals surface area contributed by atoms with Crippen molar-refractivity contribution >= 4 is 35.0 Å². The van der Waals surface area contributed by atoms with E-state index < -0.39 is 59.8 Å². The maximum Gasteiger partial charge on any atom is 0.416 e. The van der Waals surface area contributed by atoms with Crippen molar-refractivity contribution in [3.8, 4) is 5.75 Å². The summed E-state index contributed by atoms with van der Waals surface area (Å²) in [6.45, 7) is -0.332. The number of carbonyl (C=O) groups is 3. The maximum absolute atomic E-state index is 13.2. The van der Waals surface area contributed by atoms with E-state index in [-0.39, 0.29) is 46.1 Å². The molecule has 7 nitrogen and oxygen atoms in total. The molecule has 0 aliphatic heterocycles. The zero-order valence-corrected chi connectivity index (χ0v) is 24.6. The Morgan fingerprint density at radius 2 is 1.43 bits per heavy atom. The Balaban J connectivity index is 1.78. The molecule has 3 aromatic carbocycles. The lowest BCUT2D eigenvalue weighted by Crippen LogP contribution is -2.46. The third-order valence-electron chi connectivity index (χ3n) is 6.43. The number of anilines is 1. The molecule has 3 N–H and O–H groups in total. The van der Waals surface area contributed by atoms with Gasteiger partial charge in [0.1, 0.15) is 12.0 Å². The molecule has 0 unspecified atom stereocenters. The molecule has 3 amide bonds. The summed E-state index contributed by atoms with van der Waals surface area (Å²) in [7, 11) is 0. The zero-order valence-electron chi connectivity index (χ0n) is 23.9. The Hall–Kier alpha value is -4.58. The van der Waals surface area contributed by atoms with Crippen LogP contribution in [-0.2, 0) is 24.1 Å². The number of alkyl halides is 8. The van der Waals surface area contributed by atoms with Crippen LogP contribution in [0.25, 0.3) is 0 Å². The van der Waals surface area contributed by atoms with Gasteiger partial charge in [-0.2, -0.15) is 26.3 Å². The van der Waals surface area contributed by atoms with Crippen LogP contribution in [0.3, 0.4) is 0 Å². The van der Waals surface area contributed by atoms with E-state index in [1.807, 2.05) is 0 Å². The van der Waals surface area contributed by atoms with Gasteiger partial charge in [0.05, 0.1) is 27.4 Å². The molecule has 0 radical (unpaired) electrons. The number of nitrogens with one attached hydrogen (secondary N) is 3. The van der Waals surface area contributed by atoms with Crippen molar-refractivity contribution in [1.82, 2.24) is 10.6 Å². The van der Waals surface area contributed by atoms with Crippen molar-refractivity contribution in [2.24, 2.45) is 5.41 Å². The lowest BCUT2D eigenvalue weighted by Gasteiger charge is -2.26. The monoisotopic (exact) mass is 677 g/mol. The van der Waals surface area contributed by atoms with Gasteiger partial charge in [0.25, 0.3) is 18.2 Å². The van der Waals surface area contributed by atoms with E-state index in [1.54, 1.807) is 0 Å². The number of hydrogen-bond acceptors (Lipinski definition) is 4. The molecule has 0 aromatic heterocycles.